The zero-order chi connectivity index (χ0) is 22.2. The van der Waals surface area contributed by atoms with Crippen LogP contribution in [0.15, 0.2) is 12.1 Å². The van der Waals surface area contributed by atoms with Crippen molar-refractivity contribution in [1.29, 1.82) is 0 Å². The minimum atomic E-state index is -0.550. The summed E-state index contributed by atoms with van der Waals surface area (Å²) in [7, 11) is 0. The van der Waals surface area contributed by atoms with E-state index in [0.717, 1.165) is 37.9 Å². The second kappa shape index (κ2) is 11.2. The Morgan fingerprint density at radius 2 is 1.84 bits per heavy atom. The topological polar surface area (TPSA) is 142 Å². The average Bonchev–Trinajstić information content (AvgIpc) is 3.38. The van der Waals surface area contributed by atoms with Crippen LogP contribution in [0.2, 0.25) is 0 Å². The lowest BCUT2D eigenvalue weighted by Crippen LogP contribution is -2.36. The van der Waals surface area contributed by atoms with Gasteiger partial charge < -0.3 is 31.0 Å². The summed E-state index contributed by atoms with van der Waals surface area (Å²) in [6, 6.07) is 2.82. The third kappa shape index (κ3) is 6.71. The summed E-state index contributed by atoms with van der Waals surface area (Å²) in [5.41, 5.74) is 0. The molecule has 172 valence electrons. The van der Waals surface area contributed by atoms with Crippen LogP contribution in [0.4, 0.5) is 4.79 Å². The fourth-order valence-electron chi connectivity index (χ4n) is 3.80. The zero-order valence-corrected chi connectivity index (χ0v) is 18.2. The van der Waals surface area contributed by atoms with Gasteiger partial charge in [-0.3, -0.25) is 4.79 Å². The number of aromatic nitrogens is 1. The van der Waals surface area contributed by atoms with Crippen LogP contribution in [0.5, 0.6) is 11.8 Å². The Hall–Kier alpha value is -2.56. The molecule has 1 aromatic heterocycles. The van der Waals surface area contributed by atoms with Gasteiger partial charge in [-0.15, -0.1) is 4.73 Å². The quantitative estimate of drug-likeness (QED) is 0.236. The molecule has 31 heavy (non-hydrogen) atoms. The van der Waals surface area contributed by atoms with E-state index in [2.05, 4.69) is 16.0 Å². The number of hydrogen-bond donors (Lipinski definition) is 5. The molecule has 1 aromatic rings. The van der Waals surface area contributed by atoms with Crippen LogP contribution in [0.25, 0.3) is 0 Å². The number of rotatable bonds is 12. The van der Waals surface area contributed by atoms with E-state index in [9.17, 15) is 24.6 Å². The molecule has 11 heteroatoms. The van der Waals surface area contributed by atoms with E-state index in [4.69, 9.17) is 4.84 Å². The van der Waals surface area contributed by atoms with Crippen LogP contribution in [0.1, 0.15) is 51.4 Å². The molecule has 2 aliphatic rings. The molecule has 3 unspecified atom stereocenters. The maximum absolute atomic E-state index is 11.9. The van der Waals surface area contributed by atoms with Crippen LogP contribution in [-0.4, -0.2) is 62.5 Å². The molecule has 3 atom stereocenters. The first-order valence-corrected chi connectivity index (χ1v) is 11.7. The molecular weight excluding hydrogens is 424 g/mol. The summed E-state index contributed by atoms with van der Waals surface area (Å²) in [6.45, 7) is 0.562. The fourth-order valence-corrected chi connectivity index (χ4v) is 5.35. The van der Waals surface area contributed by atoms with E-state index in [1.807, 2.05) is 11.8 Å². The van der Waals surface area contributed by atoms with Gasteiger partial charge in [-0.05, 0) is 25.7 Å². The van der Waals surface area contributed by atoms with Gasteiger partial charge in [0.05, 0.1) is 12.1 Å². The van der Waals surface area contributed by atoms with Crippen molar-refractivity contribution < 1.29 is 29.4 Å². The van der Waals surface area contributed by atoms with E-state index in [-0.39, 0.29) is 42.2 Å². The maximum atomic E-state index is 11.9. The molecular formula is C20H30N4O6S. The standard InChI is InChI=1S/C20H30N4O6S/c25-15(7-4-3-6-14-19-13(12-31-14)22-20(29)23-19)21-11-5-1-2-8-18(28)30-24-16(26)9-10-17(24)27/h9-10,13-14,19,26-27H,1-8,11-12H2,(H,21,25)(H2,22,23,29). The Morgan fingerprint density at radius 3 is 2.61 bits per heavy atom. The number of carbonyl (C=O) groups is 3. The summed E-state index contributed by atoms with van der Waals surface area (Å²) >= 11 is 1.88. The molecule has 3 amide bonds. The summed E-state index contributed by atoms with van der Waals surface area (Å²) in [5.74, 6) is -0.260. The van der Waals surface area contributed by atoms with Crippen molar-refractivity contribution in [2.24, 2.45) is 0 Å². The van der Waals surface area contributed by atoms with Crippen molar-refractivity contribution >= 4 is 29.7 Å². The van der Waals surface area contributed by atoms with Gasteiger partial charge in [0.2, 0.25) is 17.7 Å². The number of unbranched alkanes of at least 4 members (excludes halogenated alkanes) is 3. The van der Waals surface area contributed by atoms with Crippen LogP contribution in [0.3, 0.4) is 0 Å². The van der Waals surface area contributed by atoms with Crippen molar-refractivity contribution in [2.45, 2.75) is 68.7 Å². The molecule has 2 aliphatic heterocycles. The molecule has 2 saturated heterocycles. The number of fused-ring (bicyclic) bond motifs is 1. The first-order valence-electron chi connectivity index (χ1n) is 10.7. The lowest BCUT2D eigenvalue weighted by Gasteiger charge is -2.16. The third-order valence-electron chi connectivity index (χ3n) is 5.45. The number of urea groups is 1. The van der Waals surface area contributed by atoms with Crippen molar-refractivity contribution in [3.63, 3.8) is 0 Å². The first kappa shape index (κ1) is 23.1. The molecule has 3 rings (SSSR count). The molecule has 0 aliphatic carbocycles. The summed E-state index contributed by atoms with van der Waals surface area (Å²) in [6.07, 6.45) is 5.52. The van der Waals surface area contributed by atoms with E-state index >= 15 is 0 Å². The van der Waals surface area contributed by atoms with E-state index in [1.165, 1.54) is 12.1 Å². The Morgan fingerprint density at radius 1 is 1.10 bits per heavy atom. The van der Waals surface area contributed by atoms with Crippen molar-refractivity contribution in [2.75, 3.05) is 12.3 Å². The summed E-state index contributed by atoms with van der Waals surface area (Å²) < 4.78 is 0.674. The minimum Gasteiger partial charge on any atom is -0.492 e. The number of nitrogens with one attached hydrogen (secondary N) is 3. The summed E-state index contributed by atoms with van der Waals surface area (Å²) in [4.78, 5) is 39.9. The molecule has 5 N–H and O–H groups in total. The molecule has 0 aromatic carbocycles. The number of carbonyl (C=O) groups excluding carboxylic acids is 3. The van der Waals surface area contributed by atoms with Gasteiger partial charge in [0.15, 0.2) is 0 Å². The monoisotopic (exact) mass is 454 g/mol. The number of amides is 3. The smallest absolute Gasteiger partial charge is 0.333 e. The normalized spacial score (nSPS) is 21.9. The second-order valence-corrected chi connectivity index (χ2v) is 9.11. The first-order chi connectivity index (χ1) is 14.9. The predicted octanol–water partition coefficient (Wildman–Crippen LogP) is 1.26. The largest absolute Gasteiger partial charge is 0.492 e. The summed E-state index contributed by atoms with van der Waals surface area (Å²) in [5, 5.41) is 28.1. The molecule has 0 saturated carbocycles. The Kier molecular flexibility index (Phi) is 8.33. The molecule has 3 heterocycles. The van der Waals surface area contributed by atoms with Crippen molar-refractivity contribution in [3.8, 4) is 11.8 Å². The highest BCUT2D eigenvalue weighted by atomic mass is 32.2. The predicted molar refractivity (Wildman–Crippen MR) is 115 cm³/mol. The van der Waals surface area contributed by atoms with Gasteiger partial charge in [-0.2, -0.15) is 11.8 Å². The van der Waals surface area contributed by atoms with Crippen LogP contribution < -0.4 is 20.8 Å². The van der Waals surface area contributed by atoms with E-state index in [1.54, 1.807) is 0 Å². The van der Waals surface area contributed by atoms with Gasteiger partial charge in [0.25, 0.3) is 0 Å². The van der Waals surface area contributed by atoms with Gasteiger partial charge in [0, 0.05) is 42.5 Å². The van der Waals surface area contributed by atoms with Gasteiger partial charge >= 0.3 is 12.0 Å². The van der Waals surface area contributed by atoms with Crippen molar-refractivity contribution in [3.05, 3.63) is 12.1 Å². The van der Waals surface area contributed by atoms with Gasteiger partial charge in [0.1, 0.15) is 0 Å². The SMILES string of the molecule is O=C(CCCCC1SCC2NC(=O)NC21)NCCCCCC(=O)On1c(O)ccc1O. The number of nitrogens with zero attached hydrogens (tertiary/aromatic N) is 1. The molecule has 0 radical (unpaired) electrons. The van der Waals surface area contributed by atoms with Gasteiger partial charge in [-0.1, -0.05) is 12.8 Å². The highest BCUT2D eigenvalue weighted by molar-refractivity contribution is 8.00. The third-order valence-corrected chi connectivity index (χ3v) is 6.96. The molecule has 0 spiro atoms. The Bertz CT molecular complexity index is 766. The molecule has 0 bridgehead atoms. The second-order valence-electron chi connectivity index (χ2n) is 7.84. The lowest BCUT2D eigenvalue weighted by molar-refractivity contribution is -0.145. The number of thioether (sulfide) groups is 1. The highest BCUT2D eigenvalue weighted by Crippen LogP contribution is 2.33. The number of hydrogen-bond acceptors (Lipinski definition) is 7. The average molecular weight is 455 g/mol. The number of aromatic hydroxyl groups is 2. The van der Waals surface area contributed by atoms with Gasteiger partial charge in [-0.25, -0.2) is 9.59 Å². The zero-order valence-electron chi connectivity index (χ0n) is 17.3. The Labute approximate surface area is 185 Å². The van der Waals surface area contributed by atoms with Crippen LogP contribution >= 0.6 is 11.8 Å². The Balaban J connectivity index is 1.16. The lowest BCUT2D eigenvalue weighted by atomic mass is 10.0. The van der Waals surface area contributed by atoms with Crippen molar-refractivity contribution in [1.82, 2.24) is 20.7 Å². The minimum absolute atomic E-state index is 0.0331. The van der Waals surface area contributed by atoms with E-state index < -0.39 is 5.97 Å². The highest BCUT2D eigenvalue weighted by Gasteiger charge is 2.42. The van der Waals surface area contributed by atoms with E-state index in [0.29, 0.717) is 29.4 Å². The van der Waals surface area contributed by atoms with Crippen LogP contribution in [-0.2, 0) is 9.59 Å². The van der Waals surface area contributed by atoms with Crippen LogP contribution in [0, 0.1) is 0 Å². The fraction of sp³-hybridized carbons (Fsp3) is 0.650. The molecule has 10 nitrogen and oxygen atoms in total. The molecule has 2 fully saturated rings. The maximum Gasteiger partial charge on any atom is 0.333 e.